The average Bonchev–Trinajstić information content (AvgIpc) is 2.89. The number of piperidine rings is 1. The van der Waals surface area contributed by atoms with Gasteiger partial charge >= 0.3 is 0 Å². The number of aryl methyl sites for hydroxylation is 1. The smallest absolute Gasteiger partial charge is 0.263 e. The molecule has 0 atom stereocenters. The first-order valence-corrected chi connectivity index (χ1v) is 11.9. The van der Waals surface area contributed by atoms with Gasteiger partial charge in [0.25, 0.3) is 11.5 Å². The van der Waals surface area contributed by atoms with Crippen molar-refractivity contribution in [3.63, 3.8) is 0 Å². The van der Waals surface area contributed by atoms with Crippen LogP contribution in [0.15, 0.2) is 47.4 Å². The van der Waals surface area contributed by atoms with Crippen LogP contribution >= 0.6 is 0 Å². The van der Waals surface area contributed by atoms with Crippen molar-refractivity contribution in [2.75, 3.05) is 40.0 Å². The van der Waals surface area contributed by atoms with E-state index < -0.39 is 5.41 Å². The molecule has 34 heavy (non-hydrogen) atoms. The van der Waals surface area contributed by atoms with Crippen LogP contribution in [0.5, 0.6) is 5.75 Å². The number of aromatic nitrogens is 1. The van der Waals surface area contributed by atoms with E-state index in [2.05, 4.69) is 5.32 Å². The third-order valence-corrected chi connectivity index (χ3v) is 7.23. The van der Waals surface area contributed by atoms with Gasteiger partial charge in [-0.25, -0.2) is 0 Å². The summed E-state index contributed by atoms with van der Waals surface area (Å²) in [4.78, 5) is 40.3. The van der Waals surface area contributed by atoms with E-state index in [9.17, 15) is 14.4 Å². The van der Waals surface area contributed by atoms with Gasteiger partial charge in [0.2, 0.25) is 5.91 Å². The molecule has 1 aromatic heterocycles. The molecule has 0 radical (unpaired) electrons. The van der Waals surface area contributed by atoms with Gasteiger partial charge in [0, 0.05) is 46.1 Å². The van der Waals surface area contributed by atoms with Crippen LogP contribution in [0.1, 0.15) is 41.6 Å². The lowest BCUT2D eigenvalue weighted by atomic mass is 9.73. The molecule has 0 bridgehead atoms. The third-order valence-electron chi connectivity index (χ3n) is 7.23. The Morgan fingerprint density at radius 2 is 1.79 bits per heavy atom. The summed E-state index contributed by atoms with van der Waals surface area (Å²) in [6.07, 6.45) is 4.51. The Labute approximate surface area is 199 Å². The molecule has 1 N–H and O–H groups in total. The average molecular weight is 468 g/mol. The molecule has 4 rings (SSSR count). The minimum Gasteiger partial charge on any atom is -0.497 e. The van der Waals surface area contributed by atoms with Crippen LogP contribution in [0.4, 0.5) is 0 Å². The molecule has 8 nitrogen and oxygen atoms in total. The zero-order valence-electron chi connectivity index (χ0n) is 19.9. The largest absolute Gasteiger partial charge is 0.497 e. The number of methoxy groups -OCH3 is 1. The molecule has 2 amide bonds. The van der Waals surface area contributed by atoms with Crippen LogP contribution < -0.4 is 15.6 Å². The number of hydrogen-bond donors (Lipinski definition) is 1. The molecule has 8 heteroatoms. The molecule has 2 aliphatic rings. The van der Waals surface area contributed by atoms with Crippen LogP contribution in [-0.4, -0.2) is 61.2 Å². The summed E-state index contributed by atoms with van der Waals surface area (Å²) in [6, 6.07) is 11.0. The van der Waals surface area contributed by atoms with Crippen LogP contribution in [0.3, 0.4) is 0 Å². The number of amides is 2. The SMILES string of the molecule is COc1ccc(C2(C(=O)NCC3CCN(C(=O)c4cccn(C)c4=O)CC3)CCOCC2)cc1. The second-order valence-electron chi connectivity index (χ2n) is 9.21. The number of likely N-dealkylation sites (tertiary alicyclic amines) is 1. The first-order chi connectivity index (χ1) is 16.4. The zero-order chi connectivity index (χ0) is 24.1. The van der Waals surface area contributed by atoms with Gasteiger partial charge in [-0.05, 0) is 61.4 Å². The van der Waals surface area contributed by atoms with E-state index in [1.165, 1.54) is 4.57 Å². The first kappa shape index (κ1) is 24.0. The molecule has 182 valence electrons. The summed E-state index contributed by atoms with van der Waals surface area (Å²) in [5.74, 6) is 0.872. The maximum absolute atomic E-state index is 13.4. The van der Waals surface area contributed by atoms with E-state index in [0.29, 0.717) is 51.6 Å². The normalized spacial score (nSPS) is 18.4. The molecule has 2 saturated heterocycles. The monoisotopic (exact) mass is 467 g/mol. The van der Waals surface area contributed by atoms with E-state index in [4.69, 9.17) is 9.47 Å². The Hall–Kier alpha value is -3.13. The summed E-state index contributed by atoms with van der Waals surface area (Å²) in [6.45, 7) is 2.84. The van der Waals surface area contributed by atoms with Crippen molar-refractivity contribution in [1.82, 2.24) is 14.8 Å². The Kier molecular flexibility index (Phi) is 7.36. The van der Waals surface area contributed by atoms with Gasteiger partial charge in [-0.2, -0.15) is 0 Å². The fourth-order valence-electron chi connectivity index (χ4n) is 4.95. The van der Waals surface area contributed by atoms with Crippen molar-refractivity contribution in [1.29, 1.82) is 0 Å². The van der Waals surface area contributed by atoms with Gasteiger partial charge in [0.1, 0.15) is 11.3 Å². The number of nitrogens with one attached hydrogen (secondary N) is 1. The van der Waals surface area contributed by atoms with E-state index in [0.717, 1.165) is 24.2 Å². The second kappa shape index (κ2) is 10.4. The van der Waals surface area contributed by atoms with Crippen LogP contribution in [0.2, 0.25) is 0 Å². The highest BCUT2D eigenvalue weighted by molar-refractivity contribution is 5.94. The lowest BCUT2D eigenvalue weighted by Crippen LogP contribution is -2.50. The fraction of sp³-hybridized carbons (Fsp3) is 0.500. The van der Waals surface area contributed by atoms with Gasteiger partial charge in [0.05, 0.1) is 12.5 Å². The van der Waals surface area contributed by atoms with Crippen LogP contribution in [0, 0.1) is 5.92 Å². The highest BCUT2D eigenvalue weighted by atomic mass is 16.5. The zero-order valence-corrected chi connectivity index (χ0v) is 19.9. The van der Waals surface area contributed by atoms with Gasteiger partial charge in [-0.15, -0.1) is 0 Å². The molecule has 2 aromatic rings. The summed E-state index contributed by atoms with van der Waals surface area (Å²) in [5.41, 5.74) is 0.313. The maximum atomic E-state index is 13.4. The number of benzene rings is 1. The highest BCUT2D eigenvalue weighted by Crippen LogP contribution is 2.36. The van der Waals surface area contributed by atoms with E-state index in [1.807, 2.05) is 24.3 Å². The minimum absolute atomic E-state index is 0.0345. The number of hydrogen-bond acceptors (Lipinski definition) is 5. The molecule has 0 unspecified atom stereocenters. The molecule has 2 fully saturated rings. The topological polar surface area (TPSA) is 89.9 Å². The van der Waals surface area contributed by atoms with Crippen molar-refractivity contribution < 1.29 is 19.1 Å². The molecule has 0 aliphatic carbocycles. The Bertz CT molecular complexity index is 1060. The van der Waals surface area contributed by atoms with Crippen molar-refractivity contribution >= 4 is 11.8 Å². The van der Waals surface area contributed by atoms with Gasteiger partial charge in [-0.1, -0.05) is 12.1 Å². The van der Waals surface area contributed by atoms with E-state index in [1.54, 1.807) is 37.4 Å². The van der Waals surface area contributed by atoms with Crippen molar-refractivity contribution in [3.8, 4) is 5.75 Å². The molecular weight excluding hydrogens is 434 g/mol. The molecule has 0 spiro atoms. The van der Waals surface area contributed by atoms with Gasteiger partial charge < -0.3 is 24.3 Å². The lowest BCUT2D eigenvalue weighted by Gasteiger charge is -2.37. The fourth-order valence-corrected chi connectivity index (χ4v) is 4.95. The number of ether oxygens (including phenoxy) is 2. The summed E-state index contributed by atoms with van der Waals surface area (Å²) < 4.78 is 12.2. The maximum Gasteiger partial charge on any atom is 0.263 e. The number of nitrogens with zero attached hydrogens (tertiary/aromatic N) is 2. The predicted molar refractivity (Wildman–Crippen MR) is 128 cm³/mol. The molecule has 1 aromatic carbocycles. The highest BCUT2D eigenvalue weighted by Gasteiger charge is 2.42. The minimum atomic E-state index is -0.603. The molecule has 0 saturated carbocycles. The van der Waals surface area contributed by atoms with E-state index >= 15 is 0 Å². The molecular formula is C26H33N3O5. The number of carbonyl (C=O) groups excluding carboxylic acids is 2. The Morgan fingerprint density at radius 1 is 1.12 bits per heavy atom. The molecule has 3 heterocycles. The summed E-state index contributed by atoms with van der Waals surface area (Å²) >= 11 is 0. The van der Waals surface area contributed by atoms with Crippen molar-refractivity contribution in [2.45, 2.75) is 31.1 Å². The second-order valence-corrected chi connectivity index (χ2v) is 9.21. The van der Waals surface area contributed by atoms with Crippen LogP contribution in [0.25, 0.3) is 0 Å². The Morgan fingerprint density at radius 3 is 2.44 bits per heavy atom. The Balaban J connectivity index is 1.35. The predicted octanol–water partition coefficient (Wildman–Crippen LogP) is 2.11. The van der Waals surface area contributed by atoms with Crippen LogP contribution in [-0.2, 0) is 22.0 Å². The quantitative estimate of drug-likeness (QED) is 0.703. The van der Waals surface area contributed by atoms with Gasteiger partial charge in [0.15, 0.2) is 0 Å². The summed E-state index contributed by atoms with van der Waals surface area (Å²) in [5, 5.41) is 3.20. The number of carbonyl (C=O) groups is 2. The molecule has 2 aliphatic heterocycles. The van der Waals surface area contributed by atoms with Crippen molar-refractivity contribution in [3.05, 3.63) is 64.1 Å². The standard InChI is InChI=1S/C26H33N3O5/c1-28-13-3-4-22(23(28)30)24(31)29-14-9-19(10-15-29)18-27-25(32)26(11-16-34-17-12-26)20-5-7-21(33-2)8-6-20/h3-8,13,19H,9-12,14-18H2,1-2H3,(H,27,32). The van der Waals surface area contributed by atoms with Crippen molar-refractivity contribution in [2.24, 2.45) is 13.0 Å². The first-order valence-electron chi connectivity index (χ1n) is 11.9. The number of rotatable bonds is 6. The van der Waals surface area contributed by atoms with E-state index in [-0.39, 0.29) is 22.9 Å². The van der Waals surface area contributed by atoms with Gasteiger partial charge in [-0.3, -0.25) is 14.4 Å². The lowest BCUT2D eigenvalue weighted by molar-refractivity contribution is -0.130. The third kappa shape index (κ3) is 4.87. The summed E-state index contributed by atoms with van der Waals surface area (Å²) in [7, 11) is 3.27. The number of pyridine rings is 1.